The molecule has 1 saturated heterocycles. The number of carbonyl (C=O) groups is 2. The molecule has 1 fully saturated rings. The van der Waals surface area contributed by atoms with Crippen LogP contribution in [0, 0.1) is 5.92 Å². The number of nitrogens with one attached hydrogen (secondary N) is 1. The number of pyridine rings is 1. The Morgan fingerprint density at radius 2 is 1.64 bits per heavy atom. The number of hydrogen-bond acceptors (Lipinski definition) is 4. The molecule has 28 heavy (non-hydrogen) atoms. The lowest BCUT2D eigenvalue weighted by atomic mass is 9.82. The molecule has 1 N–H and O–H groups in total. The number of hydrogen-bond donors (Lipinski definition) is 1. The zero-order valence-corrected chi connectivity index (χ0v) is 18.6. The Bertz CT molecular complexity index is 842. The van der Waals surface area contributed by atoms with Gasteiger partial charge in [0.25, 0.3) is 0 Å². The number of nitrogens with zero attached hydrogens (tertiary/aromatic N) is 2. The van der Waals surface area contributed by atoms with Crippen molar-refractivity contribution < 1.29 is 9.59 Å². The van der Waals surface area contributed by atoms with Crippen molar-refractivity contribution >= 4 is 17.1 Å². The minimum atomic E-state index is -0.0150. The third-order valence-electron chi connectivity index (χ3n) is 4.84. The van der Waals surface area contributed by atoms with Gasteiger partial charge in [0.2, 0.25) is 0 Å². The summed E-state index contributed by atoms with van der Waals surface area (Å²) >= 11 is 0. The smallest absolute Gasteiger partial charge is 0.169 e. The first-order chi connectivity index (χ1) is 12.8. The van der Waals surface area contributed by atoms with Gasteiger partial charge in [0.1, 0.15) is 5.78 Å². The van der Waals surface area contributed by atoms with Crippen molar-refractivity contribution in [3.8, 4) is 0 Å². The van der Waals surface area contributed by atoms with Crippen LogP contribution in [0.25, 0.3) is 5.52 Å². The van der Waals surface area contributed by atoms with Crippen LogP contribution in [-0.4, -0.2) is 32.3 Å². The van der Waals surface area contributed by atoms with Crippen LogP contribution < -0.4 is 5.32 Å². The summed E-state index contributed by atoms with van der Waals surface area (Å²) < 4.78 is 1.80. The normalized spacial score (nSPS) is 18.3. The molecule has 2 aromatic rings. The molecule has 0 aromatic carbocycles. The summed E-state index contributed by atoms with van der Waals surface area (Å²) in [4.78, 5) is 23.5. The average molecular weight is 386 g/mol. The van der Waals surface area contributed by atoms with E-state index >= 15 is 0 Å². The lowest BCUT2D eigenvalue weighted by Crippen LogP contribution is -2.58. The minimum absolute atomic E-state index is 0.000654. The number of aromatic nitrogens is 2. The van der Waals surface area contributed by atoms with Gasteiger partial charge in [-0.2, -0.15) is 5.10 Å². The Kier molecular flexibility index (Phi) is 6.49. The summed E-state index contributed by atoms with van der Waals surface area (Å²) in [7, 11) is 0. The highest BCUT2D eigenvalue weighted by Crippen LogP contribution is 2.26. The van der Waals surface area contributed by atoms with Gasteiger partial charge in [0.15, 0.2) is 5.78 Å². The molecule has 0 aliphatic carbocycles. The van der Waals surface area contributed by atoms with Gasteiger partial charge >= 0.3 is 0 Å². The minimum Gasteiger partial charge on any atom is -0.306 e. The summed E-state index contributed by atoms with van der Waals surface area (Å²) in [6.07, 6.45) is 3.21. The number of ketones is 2. The lowest BCUT2D eigenvalue weighted by Gasteiger charge is -2.41. The first kappa shape index (κ1) is 22.3. The number of rotatable bonds is 3. The molecule has 1 aliphatic heterocycles. The van der Waals surface area contributed by atoms with Crippen molar-refractivity contribution in [1.29, 1.82) is 0 Å². The third kappa shape index (κ3) is 5.28. The molecule has 5 nitrogen and oxygen atoms in total. The Labute approximate surface area is 168 Å². The molecule has 2 aromatic heterocycles. The van der Waals surface area contributed by atoms with Crippen molar-refractivity contribution in [3.63, 3.8) is 0 Å². The van der Waals surface area contributed by atoms with Gasteiger partial charge in [0.05, 0.1) is 16.8 Å². The highest BCUT2D eigenvalue weighted by Gasteiger charge is 2.36. The van der Waals surface area contributed by atoms with Gasteiger partial charge in [-0.1, -0.05) is 33.8 Å². The molecular weight excluding hydrogens is 350 g/mol. The molecule has 3 heterocycles. The molecule has 0 bridgehead atoms. The van der Waals surface area contributed by atoms with Crippen molar-refractivity contribution in [2.24, 2.45) is 5.92 Å². The molecule has 0 atom stereocenters. The highest BCUT2D eigenvalue weighted by molar-refractivity contribution is 6.04. The van der Waals surface area contributed by atoms with E-state index in [9.17, 15) is 9.59 Å². The van der Waals surface area contributed by atoms with Crippen molar-refractivity contribution in [3.05, 3.63) is 35.7 Å². The van der Waals surface area contributed by atoms with Gasteiger partial charge in [-0.3, -0.25) is 9.59 Å². The van der Waals surface area contributed by atoms with Gasteiger partial charge in [-0.05, 0) is 45.7 Å². The van der Waals surface area contributed by atoms with E-state index in [0.717, 1.165) is 16.8 Å². The molecule has 1 aliphatic rings. The largest absolute Gasteiger partial charge is 0.306 e. The maximum Gasteiger partial charge on any atom is 0.169 e. The molecule has 0 unspecified atom stereocenters. The van der Waals surface area contributed by atoms with Crippen LogP contribution in [0.5, 0.6) is 0 Å². The standard InChI is InChI=1S/C14H18N2O.C9H17NO/c1-9(2)13-12(14(17)10(3)4)11-7-5-6-8-16(11)15-13;1-8(2)5-7(11)6-9(3,4)10-8/h5-10H,1-4H3;10H,5-6H2,1-4H3. The quantitative estimate of drug-likeness (QED) is 0.772. The van der Waals surface area contributed by atoms with E-state index in [4.69, 9.17) is 0 Å². The van der Waals surface area contributed by atoms with E-state index in [0.29, 0.717) is 18.6 Å². The molecule has 3 rings (SSSR count). The number of carbonyl (C=O) groups excluding carboxylic acids is 2. The van der Waals surface area contributed by atoms with Gasteiger partial charge < -0.3 is 5.32 Å². The average Bonchev–Trinajstić information content (AvgIpc) is 2.90. The fourth-order valence-electron chi connectivity index (χ4n) is 4.02. The molecule has 0 amide bonds. The monoisotopic (exact) mass is 385 g/mol. The van der Waals surface area contributed by atoms with Gasteiger partial charge in [-0.15, -0.1) is 0 Å². The van der Waals surface area contributed by atoms with Crippen LogP contribution in [0.15, 0.2) is 24.4 Å². The molecule has 154 valence electrons. The Morgan fingerprint density at radius 1 is 1.07 bits per heavy atom. The zero-order valence-electron chi connectivity index (χ0n) is 18.6. The van der Waals surface area contributed by atoms with Crippen LogP contribution in [0.3, 0.4) is 0 Å². The number of piperidine rings is 1. The fraction of sp³-hybridized carbons (Fsp3) is 0.609. The summed E-state index contributed by atoms with van der Waals surface area (Å²) in [5, 5.41) is 7.95. The van der Waals surface area contributed by atoms with Crippen molar-refractivity contribution in [2.75, 3.05) is 0 Å². The predicted molar refractivity (Wildman–Crippen MR) is 114 cm³/mol. The summed E-state index contributed by atoms with van der Waals surface area (Å²) in [6, 6.07) is 5.82. The van der Waals surface area contributed by atoms with Crippen LogP contribution in [-0.2, 0) is 4.79 Å². The maximum atomic E-state index is 12.3. The topological polar surface area (TPSA) is 63.5 Å². The van der Waals surface area contributed by atoms with E-state index in [1.54, 1.807) is 4.52 Å². The maximum absolute atomic E-state index is 12.3. The second kappa shape index (κ2) is 8.16. The summed E-state index contributed by atoms with van der Waals surface area (Å²) in [5.41, 5.74) is 2.57. The van der Waals surface area contributed by atoms with E-state index in [1.807, 2.05) is 38.2 Å². The Balaban J connectivity index is 0.000000221. The number of fused-ring (bicyclic) bond motifs is 1. The second-order valence-electron chi connectivity index (χ2n) is 9.75. The first-order valence-corrected chi connectivity index (χ1v) is 10.2. The van der Waals surface area contributed by atoms with Crippen LogP contribution >= 0.6 is 0 Å². The van der Waals surface area contributed by atoms with Crippen LogP contribution in [0.2, 0.25) is 0 Å². The zero-order chi connectivity index (χ0) is 21.3. The molecule has 0 radical (unpaired) electrons. The molecular formula is C23H35N3O2. The van der Waals surface area contributed by atoms with Crippen LogP contribution in [0.4, 0.5) is 0 Å². The fourth-order valence-corrected chi connectivity index (χ4v) is 4.02. The highest BCUT2D eigenvalue weighted by atomic mass is 16.1. The van der Waals surface area contributed by atoms with Crippen molar-refractivity contribution in [2.45, 2.75) is 85.2 Å². The third-order valence-corrected chi connectivity index (χ3v) is 4.84. The molecule has 0 saturated carbocycles. The molecule has 5 heteroatoms. The van der Waals surface area contributed by atoms with E-state index in [1.165, 1.54) is 0 Å². The van der Waals surface area contributed by atoms with Gasteiger partial charge in [-0.25, -0.2) is 4.52 Å². The summed E-state index contributed by atoms with van der Waals surface area (Å²) in [6.45, 7) is 16.3. The van der Waals surface area contributed by atoms with Crippen molar-refractivity contribution in [1.82, 2.24) is 14.9 Å². The predicted octanol–water partition coefficient (Wildman–Crippen LogP) is 4.79. The summed E-state index contributed by atoms with van der Waals surface area (Å²) in [5.74, 6) is 0.807. The second-order valence-corrected chi connectivity index (χ2v) is 9.75. The van der Waals surface area contributed by atoms with Crippen LogP contribution in [0.1, 0.15) is 90.2 Å². The SMILES string of the molecule is CC(C)C(=O)c1c(C(C)C)nn2ccccc12.CC1(C)CC(=O)CC(C)(C)N1. The Morgan fingerprint density at radius 3 is 2.11 bits per heavy atom. The van der Waals surface area contributed by atoms with E-state index in [2.05, 4.69) is 52.0 Å². The Hall–Kier alpha value is -2.01. The molecule has 0 spiro atoms. The van der Waals surface area contributed by atoms with E-state index in [-0.39, 0.29) is 28.7 Å². The number of Topliss-reactive ketones (excluding diaryl/α,β-unsaturated/α-hetero) is 2. The van der Waals surface area contributed by atoms with E-state index < -0.39 is 0 Å². The van der Waals surface area contributed by atoms with Gasteiger partial charge in [0, 0.05) is 36.0 Å². The lowest BCUT2D eigenvalue weighted by molar-refractivity contribution is -0.124. The first-order valence-electron chi connectivity index (χ1n) is 10.2.